The zero-order valence-corrected chi connectivity index (χ0v) is 16.9. The molecule has 0 atom stereocenters. The van der Waals surface area contributed by atoms with E-state index in [2.05, 4.69) is 5.32 Å². The molecule has 1 N–H and O–H groups in total. The number of benzene rings is 1. The van der Waals surface area contributed by atoms with Gasteiger partial charge in [-0.25, -0.2) is 8.42 Å². The summed E-state index contributed by atoms with van der Waals surface area (Å²) in [6.07, 6.45) is 0.592. The number of carbonyl (C=O) groups is 1. The van der Waals surface area contributed by atoms with E-state index in [1.807, 2.05) is 13.8 Å². The maximum atomic E-state index is 12.8. The minimum Gasteiger partial charge on any atom is -0.324 e. The minimum absolute atomic E-state index is 0.229. The Balaban J connectivity index is 2.18. The Morgan fingerprint density at radius 1 is 1.24 bits per heavy atom. The number of carbonyl (C=O) groups excluding carboxylic acids is 1. The first-order valence-electron chi connectivity index (χ1n) is 7.55. The second-order valence-electron chi connectivity index (χ2n) is 5.38. The Bertz CT molecular complexity index is 866. The zero-order valence-electron chi connectivity index (χ0n) is 13.8. The predicted octanol–water partition coefficient (Wildman–Crippen LogP) is 4.40. The van der Waals surface area contributed by atoms with Crippen LogP contribution in [0, 0.1) is 6.92 Å². The fourth-order valence-electron chi connectivity index (χ4n) is 2.15. The Morgan fingerprint density at radius 2 is 1.96 bits per heavy atom. The molecule has 25 heavy (non-hydrogen) atoms. The summed E-state index contributed by atoms with van der Waals surface area (Å²) in [4.78, 5) is 13.2. The second kappa shape index (κ2) is 8.51. The van der Waals surface area contributed by atoms with Crippen LogP contribution in [0.1, 0.15) is 18.2 Å². The number of aryl methyl sites for hydroxylation is 1. The summed E-state index contributed by atoms with van der Waals surface area (Å²) in [5.74, 6) is -0.477. The minimum atomic E-state index is -3.72. The molecule has 1 aromatic carbocycles. The third-order valence-corrected chi connectivity index (χ3v) is 7.18. The fourth-order valence-corrected chi connectivity index (χ4v) is 5.42. The number of sulfonamides is 1. The van der Waals surface area contributed by atoms with Gasteiger partial charge in [0.2, 0.25) is 5.91 Å². The zero-order chi connectivity index (χ0) is 18.6. The van der Waals surface area contributed by atoms with E-state index in [9.17, 15) is 13.2 Å². The molecular formula is C16H18Cl2N2O3S2. The number of hydrogen-bond donors (Lipinski definition) is 1. The van der Waals surface area contributed by atoms with Crippen molar-refractivity contribution < 1.29 is 13.2 Å². The highest BCUT2D eigenvalue weighted by Gasteiger charge is 2.27. The highest BCUT2D eigenvalue weighted by atomic mass is 35.5. The van der Waals surface area contributed by atoms with Crippen LogP contribution in [-0.2, 0) is 14.8 Å². The van der Waals surface area contributed by atoms with Crippen molar-refractivity contribution in [2.45, 2.75) is 24.5 Å². The van der Waals surface area contributed by atoms with Crippen LogP contribution in [0.3, 0.4) is 0 Å². The molecule has 0 aliphatic carbocycles. The van der Waals surface area contributed by atoms with Crippen molar-refractivity contribution >= 4 is 56.2 Å². The van der Waals surface area contributed by atoms with Crippen molar-refractivity contribution in [2.24, 2.45) is 0 Å². The van der Waals surface area contributed by atoms with Crippen molar-refractivity contribution in [1.82, 2.24) is 4.31 Å². The van der Waals surface area contributed by atoms with E-state index in [1.165, 1.54) is 21.7 Å². The molecule has 0 aliphatic heterocycles. The number of hydrogen-bond acceptors (Lipinski definition) is 4. The Kier molecular flexibility index (Phi) is 6.87. The average molecular weight is 421 g/mol. The van der Waals surface area contributed by atoms with Crippen LogP contribution >= 0.6 is 34.5 Å². The van der Waals surface area contributed by atoms with Crippen molar-refractivity contribution in [3.63, 3.8) is 0 Å². The molecule has 136 valence electrons. The molecule has 1 heterocycles. The molecule has 0 spiro atoms. The Labute approximate surface area is 161 Å². The van der Waals surface area contributed by atoms with Gasteiger partial charge in [0.05, 0.1) is 17.3 Å². The Hall–Kier alpha value is -1.12. The first-order valence-corrected chi connectivity index (χ1v) is 10.6. The molecule has 9 heteroatoms. The maximum Gasteiger partial charge on any atom is 0.253 e. The van der Waals surface area contributed by atoms with Gasteiger partial charge in [-0.15, -0.1) is 11.3 Å². The first-order chi connectivity index (χ1) is 11.7. The SMILES string of the molecule is CCCN(CC(=O)Nc1cc(Cl)ccc1Cl)S(=O)(=O)c1ccc(C)s1. The number of amides is 1. The molecule has 0 fully saturated rings. The summed E-state index contributed by atoms with van der Waals surface area (Å²) in [6, 6.07) is 7.99. The van der Waals surface area contributed by atoms with Gasteiger partial charge in [-0.3, -0.25) is 4.79 Å². The molecule has 1 aromatic heterocycles. The summed E-state index contributed by atoms with van der Waals surface area (Å²) in [7, 11) is -3.72. The topological polar surface area (TPSA) is 66.5 Å². The molecule has 5 nitrogen and oxygen atoms in total. The van der Waals surface area contributed by atoms with Gasteiger partial charge in [0.15, 0.2) is 0 Å². The Morgan fingerprint density at radius 3 is 2.56 bits per heavy atom. The van der Waals surface area contributed by atoms with Gasteiger partial charge >= 0.3 is 0 Å². The number of nitrogens with one attached hydrogen (secondary N) is 1. The molecule has 0 saturated heterocycles. The van der Waals surface area contributed by atoms with Gasteiger partial charge in [0, 0.05) is 16.4 Å². The quantitative estimate of drug-likeness (QED) is 0.721. The van der Waals surface area contributed by atoms with Crippen LogP contribution in [0.15, 0.2) is 34.5 Å². The van der Waals surface area contributed by atoms with Crippen LogP contribution < -0.4 is 5.32 Å². The molecule has 1 amide bonds. The summed E-state index contributed by atoms with van der Waals surface area (Å²) < 4.78 is 26.9. The maximum absolute atomic E-state index is 12.8. The molecule has 2 aromatic rings. The second-order valence-corrected chi connectivity index (χ2v) is 9.67. The largest absolute Gasteiger partial charge is 0.324 e. The van der Waals surface area contributed by atoms with Crippen LogP contribution in [0.25, 0.3) is 0 Å². The lowest BCUT2D eigenvalue weighted by Crippen LogP contribution is -2.38. The van der Waals surface area contributed by atoms with Crippen LogP contribution in [0.2, 0.25) is 10.0 Å². The van der Waals surface area contributed by atoms with E-state index >= 15 is 0 Å². The summed E-state index contributed by atoms with van der Waals surface area (Å²) in [6.45, 7) is 3.64. The fraction of sp³-hybridized carbons (Fsp3) is 0.312. The highest BCUT2D eigenvalue weighted by Crippen LogP contribution is 2.26. The molecular weight excluding hydrogens is 403 g/mol. The average Bonchev–Trinajstić information content (AvgIpc) is 2.98. The lowest BCUT2D eigenvalue weighted by atomic mass is 10.3. The highest BCUT2D eigenvalue weighted by molar-refractivity contribution is 7.91. The van der Waals surface area contributed by atoms with Gasteiger partial charge in [-0.2, -0.15) is 4.31 Å². The van der Waals surface area contributed by atoms with Crippen molar-refractivity contribution in [3.8, 4) is 0 Å². The summed E-state index contributed by atoms with van der Waals surface area (Å²) in [5.41, 5.74) is 0.347. The predicted molar refractivity (Wildman–Crippen MR) is 103 cm³/mol. The van der Waals surface area contributed by atoms with E-state index in [0.29, 0.717) is 22.2 Å². The van der Waals surface area contributed by atoms with Gasteiger partial charge in [0.25, 0.3) is 10.0 Å². The smallest absolute Gasteiger partial charge is 0.253 e. The third-order valence-electron chi connectivity index (χ3n) is 3.31. The molecule has 0 radical (unpaired) electrons. The third kappa shape index (κ3) is 5.18. The van der Waals surface area contributed by atoms with Gasteiger partial charge in [-0.05, 0) is 43.7 Å². The van der Waals surface area contributed by atoms with Gasteiger partial charge in [0.1, 0.15) is 4.21 Å². The lowest BCUT2D eigenvalue weighted by Gasteiger charge is -2.20. The normalized spacial score (nSPS) is 11.7. The molecule has 0 aliphatic rings. The number of nitrogens with zero attached hydrogens (tertiary/aromatic N) is 1. The van der Waals surface area contributed by atoms with E-state index in [1.54, 1.807) is 24.3 Å². The first kappa shape index (κ1) is 20.2. The van der Waals surface area contributed by atoms with Crippen LogP contribution in [0.4, 0.5) is 5.69 Å². The monoisotopic (exact) mass is 420 g/mol. The number of halogens is 2. The summed E-state index contributed by atoms with van der Waals surface area (Å²) >= 11 is 13.1. The standard InChI is InChI=1S/C16H18Cl2N2O3S2/c1-3-8-20(25(22,23)16-7-4-11(2)24-16)10-15(21)19-14-9-12(17)5-6-13(14)18/h4-7,9H,3,8,10H2,1-2H3,(H,19,21). The van der Waals surface area contributed by atoms with Crippen molar-refractivity contribution in [3.05, 3.63) is 45.3 Å². The molecule has 0 bridgehead atoms. The van der Waals surface area contributed by atoms with Crippen molar-refractivity contribution in [2.75, 3.05) is 18.4 Å². The van der Waals surface area contributed by atoms with Crippen molar-refractivity contribution in [1.29, 1.82) is 0 Å². The number of rotatable bonds is 7. The molecule has 2 rings (SSSR count). The molecule has 0 unspecified atom stereocenters. The number of anilines is 1. The van der Waals surface area contributed by atoms with Gasteiger partial charge in [-0.1, -0.05) is 30.1 Å². The van der Waals surface area contributed by atoms with Gasteiger partial charge < -0.3 is 5.32 Å². The lowest BCUT2D eigenvalue weighted by molar-refractivity contribution is -0.116. The van der Waals surface area contributed by atoms with Crippen LogP contribution in [-0.4, -0.2) is 31.7 Å². The van der Waals surface area contributed by atoms with E-state index in [0.717, 1.165) is 4.88 Å². The molecule has 0 saturated carbocycles. The van der Waals surface area contributed by atoms with E-state index in [-0.39, 0.29) is 17.3 Å². The van der Waals surface area contributed by atoms with E-state index in [4.69, 9.17) is 23.2 Å². The summed E-state index contributed by atoms with van der Waals surface area (Å²) in [5, 5.41) is 3.36. The van der Waals surface area contributed by atoms with Crippen LogP contribution in [0.5, 0.6) is 0 Å². The number of thiophene rings is 1. The van der Waals surface area contributed by atoms with E-state index < -0.39 is 15.9 Å².